The van der Waals surface area contributed by atoms with Gasteiger partial charge in [-0.2, -0.15) is 21.0 Å². The van der Waals surface area contributed by atoms with Gasteiger partial charge in [0.15, 0.2) is 10.8 Å². The summed E-state index contributed by atoms with van der Waals surface area (Å²) >= 11 is 3.09. The lowest BCUT2D eigenvalue weighted by atomic mass is 10.2. The van der Waals surface area contributed by atoms with Crippen LogP contribution in [0.2, 0.25) is 0 Å². The van der Waals surface area contributed by atoms with E-state index < -0.39 is 0 Å². The Bertz CT molecular complexity index is 959. The molecule has 0 aliphatic carbocycles. The third-order valence-corrected chi connectivity index (χ3v) is 5.02. The van der Waals surface area contributed by atoms with Crippen LogP contribution in [-0.2, 0) is 0 Å². The third kappa shape index (κ3) is 2.36. The molecule has 3 heterocycles. The largest absolute Gasteiger partial charge is 0.497 e. The maximum atomic E-state index is 5.46. The molecule has 0 aliphatic rings. The number of aromatic nitrogens is 4. The summed E-state index contributed by atoms with van der Waals surface area (Å²) < 4.78 is 12.5. The van der Waals surface area contributed by atoms with Crippen molar-refractivity contribution in [2.75, 3.05) is 14.2 Å². The van der Waals surface area contributed by atoms with Gasteiger partial charge in [0.25, 0.3) is 0 Å². The molecule has 4 rings (SSSR count). The molecule has 0 radical (unpaired) electrons. The number of nitrogens with zero attached hydrogens (tertiary/aromatic N) is 4. The van der Waals surface area contributed by atoms with E-state index in [0.29, 0.717) is 5.75 Å². The quantitative estimate of drug-likeness (QED) is 0.566. The molecule has 0 aliphatic heterocycles. The normalized spacial score (nSPS) is 11.0. The Labute approximate surface area is 139 Å². The highest BCUT2D eigenvalue weighted by Crippen LogP contribution is 2.36. The second-order valence-electron chi connectivity index (χ2n) is 4.70. The van der Waals surface area contributed by atoms with Crippen LogP contribution in [0, 0.1) is 0 Å². The van der Waals surface area contributed by atoms with E-state index in [9.17, 15) is 0 Å². The first-order valence-electron chi connectivity index (χ1n) is 6.77. The van der Waals surface area contributed by atoms with E-state index in [1.807, 2.05) is 35.0 Å². The van der Waals surface area contributed by atoms with Crippen LogP contribution >= 0.6 is 22.7 Å². The van der Waals surface area contributed by atoms with Crippen molar-refractivity contribution in [3.05, 3.63) is 35.0 Å². The molecule has 0 spiro atoms. The van der Waals surface area contributed by atoms with Crippen molar-refractivity contribution in [3.63, 3.8) is 0 Å². The minimum absolute atomic E-state index is 0.714. The first-order chi connectivity index (χ1) is 11.3. The molecule has 0 saturated heterocycles. The molecule has 1 aromatic carbocycles. The number of methoxy groups -OCH3 is 2. The fourth-order valence-corrected chi connectivity index (χ4v) is 3.78. The van der Waals surface area contributed by atoms with Gasteiger partial charge in [-0.25, -0.2) is 0 Å². The molecule has 0 saturated carbocycles. The molecule has 8 heteroatoms. The minimum atomic E-state index is 0.714. The Balaban J connectivity index is 1.84. The summed E-state index contributed by atoms with van der Waals surface area (Å²) in [6.07, 6.45) is 0. The number of rotatable bonds is 4. The topological polar surface area (TPSA) is 61.5 Å². The molecule has 116 valence electrons. The smallest absolute Gasteiger partial charge is 0.235 e. The van der Waals surface area contributed by atoms with E-state index in [-0.39, 0.29) is 0 Å². The summed E-state index contributed by atoms with van der Waals surface area (Å²) in [5.74, 6) is 2.20. The molecular weight excluding hydrogens is 332 g/mol. The molecular formula is C15H12N4O2S2. The lowest BCUT2D eigenvalue weighted by Gasteiger charge is -2.07. The Morgan fingerprint density at radius 2 is 2.00 bits per heavy atom. The van der Waals surface area contributed by atoms with Gasteiger partial charge in [-0.1, -0.05) is 11.3 Å². The lowest BCUT2D eigenvalue weighted by Crippen LogP contribution is -1.92. The maximum absolute atomic E-state index is 5.46. The zero-order valence-electron chi connectivity index (χ0n) is 12.4. The van der Waals surface area contributed by atoms with Gasteiger partial charge in [0.2, 0.25) is 4.96 Å². The van der Waals surface area contributed by atoms with Gasteiger partial charge in [-0.3, -0.25) is 0 Å². The monoisotopic (exact) mass is 344 g/mol. The van der Waals surface area contributed by atoms with Crippen LogP contribution in [0.5, 0.6) is 11.5 Å². The van der Waals surface area contributed by atoms with Crippen LogP contribution in [0.15, 0.2) is 35.0 Å². The van der Waals surface area contributed by atoms with Crippen LogP contribution in [0.4, 0.5) is 0 Å². The van der Waals surface area contributed by atoms with Gasteiger partial charge in [0.05, 0.1) is 19.8 Å². The van der Waals surface area contributed by atoms with Crippen molar-refractivity contribution in [2.24, 2.45) is 0 Å². The number of hydrogen-bond donors (Lipinski definition) is 0. The summed E-state index contributed by atoms with van der Waals surface area (Å²) in [6.45, 7) is 0. The number of fused-ring (bicyclic) bond motifs is 1. The molecule has 23 heavy (non-hydrogen) atoms. The average Bonchev–Trinajstić information content (AvgIpc) is 3.30. The molecule has 6 nitrogen and oxygen atoms in total. The zero-order chi connectivity index (χ0) is 15.8. The second kappa shape index (κ2) is 5.64. The van der Waals surface area contributed by atoms with Crippen molar-refractivity contribution < 1.29 is 9.47 Å². The van der Waals surface area contributed by atoms with Crippen LogP contribution in [0.3, 0.4) is 0 Å². The molecule has 3 aromatic heterocycles. The Morgan fingerprint density at radius 1 is 1.09 bits per heavy atom. The van der Waals surface area contributed by atoms with Gasteiger partial charge in [-0.05, 0) is 23.6 Å². The summed E-state index contributed by atoms with van der Waals surface area (Å²) in [5.41, 5.74) is 1.92. The van der Waals surface area contributed by atoms with Crippen LogP contribution < -0.4 is 9.47 Å². The first kappa shape index (κ1) is 14.2. The zero-order valence-corrected chi connectivity index (χ0v) is 14.0. The van der Waals surface area contributed by atoms with E-state index >= 15 is 0 Å². The number of ether oxygens (including phenoxy) is 2. The standard InChI is InChI=1S/C15H12N4O2S2/c1-20-10-3-4-11(12(7-10)21-2)14-18-19-13(9-5-6-22-8-9)16-17-15(19)23-14/h3-8H,1-2H3. The Kier molecular flexibility index (Phi) is 3.47. The Morgan fingerprint density at radius 3 is 2.74 bits per heavy atom. The molecule has 0 bridgehead atoms. The third-order valence-electron chi connectivity index (χ3n) is 3.41. The van der Waals surface area contributed by atoms with Gasteiger partial charge in [-0.15, -0.1) is 10.2 Å². The SMILES string of the molecule is COc1ccc(-c2nn3c(-c4ccsc4)nnc3s2)c(OC)c1. The summed E-state index contributed by atoms with van der Waals surface area (Å²) in [7, 11) is 3.26. The van der Waals surface area contributed by atoms with Crippen molar-refractivity contribution in [2.45, 2.75) is 0 Å². The predicted octanol–water partition coefficient (Wildman–Crippen LogP) is 3.60. The molecule has 4 aromatic rings. The van der Waals surface area contributed by atoms with Crippen molar-refractivity contribution in [1.29, 1.82) is 0 Å². The van der Waals surface area contributed by atoms with Crippen LogP contribution in [0.25, 0.3) is 26.9 Å². The molecule has 0 amide bonds. The second-order valence-corrected chi connectivity index (χ2v) is 6.44. The summed E-state index contributed by atoms with van der Waals surface area (Å²) in [4.78, 5) is 0.749. The molecule has 0 unspecified atom stereocenters. The fraction of sp³-hybridized carbons (Fsp3) is 0.133. The van der Waals surface area contributed by atoms with Gasteiger partial charge in [0.1, 0.15) is 11.5 Å². The molecule has 0 N–H and O–H groups in total. The number of benzene rings is 1. The van der Waals surface area contributed by atoms with E-state index in [1.165, 1.54) is 11.3 Å². The van der Waals surface area contributed by atoms with Gasteiger partial charge < -0.3 is 9.47 Å². The van der Waals surface area contributed by atoms with Crippen molar-refractivity contribution >= 4 is 27.6 Å². The lowest BCUT2D eigenvalue weighted by molar-refractivity contribution is 0.395. The van der Waals surface area contributed by atoms with E-state index in [0.717, 1.165) is 32.7 Å². The van der Waals surface area contributed by atoms with Gasteiger partial charge in [0, 0.05) is 17.0 Å². The molecule has 0 atom stereocenters. The maximum Gasteiger partial charge on any atom is 0.235 e. The minimum Gasteiger partial charge on any atom is -0.497 e. The van der Waals surface area contributed by atoms with Crippen LogP contribution in [0.1, 0.15) is 0 Å². The average molecular weight is 344 g/mol. The Hall–Kier alpha value is -2.45. The molecule has 0 fully saturated rings. The summed E-state index contributed by atoms with van der Waals surface area (Å²) in [6, 6.07) is 7.68. The van der Waals surface area contributed by atoms with Crippen molar-refractivity contribution in [3.8, 4) is 33.5 Å². The van der Waals surface area contributed by atoms with E-state index in [1.54, 1.807) is 30.1 Å². The van der Waals surface area contributed by atoms with Crippen LogP contribution in [-0.4, -0.2) is 34.0 Å². The number of hydrogen-bond acceptors (Lipinski definition) is 7. The van der Waals surface area contributed by atoms with E-state index in [2.05, 4.69) is 15.3 Å². The fourth-order valence-electron chi connectivity index (χ4n) is 2.27. The van der Waals surface area contributed by atoms with Gasteiger partial charge >= 0.3 is 0 Å². The number of thiophene rings is 1. The predicted molar refractivity (Wildman–Crippen MR) is 90.5 cm³/mol. The highest BCUT2D eigenvalue weighted by molar-refractivity contribution is 7.19. The van der Waals surface area contributed by atoms with E-state index in [4.69, 9.17) is 9.47 Å². The summed E-state index contributed by atoms with van der Waals surface area (Å²) in [5, 5.41) is 18.0. The highest BCUT2D eigenvalue weighted by atomic mass is 32.1. The van der Waals surface area contributed by atoms with Crippen molar-refractivity contribution in [1.82, 2.24) is 19.8 Å². The first-order valence-corrected chi connectivity index (χ1v) is 8.53. The highest BCUT2D eigenvalue weighted by Gasteiger charge is 2.17.